The first kappa shape index (κ1) is 14.9. The van der Waals surface area contributed by atoms with Gasteiger partial charge in [0.2, 0.25) is 0 Å². The van der Waals surface area contributed by atoms with Crippen LogP contribution in [0.3, 0.4) is 0 Å². The van der Waals surface area contributed by atoms with Gasteiger partial charge < -0.3 is 15.0 Å². The van der Waals surface area contributed by atoms with Crippen LogP contribution >= 0.6 is 11.6 Å². The minimum atomic E-state index is -0.139. The molecule has 1 rings (SSSR count). The Bertz CT molecular complexity index is 387. The molecule has 0 unspecified atom stereocenters. The Balaban J connectivity index is 2.29. The van der Waals surface area contributed by atoms with E-state index in [-0.39, 0.29) is 5.91 Å². The van der Waals surface area contributed by atoms with Gasteiger partial charge in [0.05, 0.1) is 6.61 Å². The number of nitrogens with one attached hydrogen (secondary N) is 1. The number of pyridine rings is 1. The number of carbonyl (C=O) groups excluding carboxylic acids is 1. The van der Waals surface area contributed by atoms with Gasteiger partial charge in [0.15, 0.2) is 0 Å². The first-order chi connectivity index (χ1) is 8.63. The summed E-state index contributed by atoms with van der Waals surface area (Å²) in [6, 6.07) is 3.18. The van der Waals surface area contributed by atoms with E-state index in [2.05, 4.69) is 15.2 Å². The Kier molecular flexibility index (Phi) is 6.64. The van der Waals surface area contributed by atoms with E-state index in [1.165, 1.54) is 6.20 Å². The number of amides is 1. The number of hydrogen-bond donors (Lipinski definition) is 1. The van der Waals surface area contributed by atoms with Crippen molar-refractivity contribution >= 4 is 17.5 Å². The lowest BCUT2D eigenvalue weighted by Crippen LogP contribution is -2.34. The molecule has 0 saturated carbocycles. The fraction of sp³-hybridized carbons (Fsp3) is 0.500. The van der Waals surface area contributed by atoms with Gasteiger partial charge in [-0.3, -0.25) is 4.79 Å². The number of ether oxygens (including phenoxy) is 1. The molecule has 0 spiro atoms. The summed E-state index contributed by atoms with van der Waals surface area (Å²) >= 11 is 5.72. The first-order valence-corrected chi connectivity index (χ1v) is 6.08. The highest BCUT2D eigenvalue weighted by Crippen LogP contribution is 2.06. The van der Waals surface area contributed by atoms with Crippen LogP contribution in [-0.2, 0) is 4.74 Å². The van der Waals surface area contributed by atoms with Crippen molar-refractivity contribution in [3.05, 3.63) is 29.0 Å². The van der Waals surface area contributed by atoms with Gasteiger partial charge >= 0.3 is 0 Å². The lowest BCUT2D eigenvalue weighted by Gasteiger charge is -2.16. The maximum Gasteiger partial charge on any atom is 0.251 e. The Labute approximate surface area is 112 Å². The van der Waals surface area contributed by atoms with Crippen molar-refractivity contribution in [3.8, 4) is 0 Å². The summed E-state index contributed by atoms with van der Waals surface area (Å²) in [6.45, 7) is 2.88. The maximum atomic E-state index is 11.8. The highest BCUT2D eigenvalue weighted by atomic mass is 35.5. The molecule has 1 N–H and O–H groups in total. The van der Waals surface area contributed by atoms with Crippen LogP contribution in [0.2, 0.25) is 5.15 Å². The van der Waals surface area contributed by atoms with Gasteiger partial charge in [0, 0.05) is 38.5 Å². The predicted molar refractivity (Wildman–Crippen MR) is 71.0 cm³/mol. The Hall–Kier alpha value is -1.17. The maximum absolute atomic E-state index is 11.8. The third kappa shape index (κ3) is 5.44. The topological polar surface area (TPSA) is 54.5 Å². The monoisotopic (exact) mass is 271 g/mol. The smallest absolute Gasteiger partial charge is 0.251 e. The molecule has 0 fully saturated rings. The van der Waals surface area contributed by atoms with Crippen molar-refractivity contribution in [3.63, 3.8) is 0 Å². The number of halogens is 1. The van der Waals surface area contributed by atoms with Gasteiger partial charge in [-0.25, -0.2) is 4.98 Å². The minimum Gasteiger partial charge on any atom is -0.383 e. The molecular weight excluding hydrogens is 254 g/mol. The number of rotatable bonds is 7. The van der Waals surface area contributed by atoms with E-state index in [1.54, 1.807) is 19.2 Å². The summed E-state index contributed by atoms with van der Waals surface area (Å²) in [5.41, 5.74) is 0.523. The summed E-state index contributed by atoms with van der Waals surface area (Å²) in [5.74, 6) is -0.139. The standard InChI is InChI=1S/C12H18ClN3O2/c1-16(7-8-18-2)6-5-15-12(17)10-3-4-14-11(13)9-10/h3-4,9H,5-8H2,1-2H3,(H,15,17). The molecular formula is C12H18ClN3O2. The average Bonchev–Trinajstić information content (AvgIpc) is 2.36. The summed E-state index contributed by atoms with van der Waals surface area (Å²) < 4.78 is 4.97. The van der Waals surface area contributed by atoms with Crippen LogP contribution < -0.4 is 5.32 Å². The molecule has 0 aliphatic heterocycles. The Morgan fingerprint density at radius 2 is 2.33 bits per heavy atom. The van der Waals surface area contributed by atoms with Crippen LogP contribution in [0.1, 0.15) is 10.4 Å². The van der Waals surface area contributed by atoms with Gasteiger partial charge in [-0.05, 0) is 19.2 Å². The van der Waals surface area contributed by atoms with Gasteiger partial charge in [-0.15, -0.1) is 0 Å². The highest BCUT2D eigenvalue weighted by molar-refractivity contribution is 6.29. The van der Waals surface area contributed by atoms with E-state index in [9.17, 15) is 4.79 Å². The van der Waals surface area contributed by atoms with Gasteiger partial charge in [-0.2, -0.15) is 0 Å². The Morgan fingerprint density at radius 1 is 1.56 bits per heavy atom. The molecule has 1 aromatic heterocycles. The van der Waals surface area contributed by atoms with Crippen LogP contribution in [0, 0.1) is 0 Å². The lowest BCUT2D eigenvalue weighted by molar-refractivity contribution is 0.0947. The largest absolute Gasteiger partial charge is 0.383 e. The van der Waals surface area contributed by atoms with Crippen molar-refractivity contribution < 1.29 is 9.53 Å². The van der Waals surface area contributed by atoms with Crippen molar-refractivity contribution in [2.45, 2.75) is 0 Å². The molecule has 1 aromatic rings. The van der Waals surface area contributed by atoms with Gasteiger partial charge in [-0.1, -0.05) is 11.6 Å². The van der Waals surface area contributed by atoms with Crippen LogP contribution in [0.15, 0.2) is 18.3 Å². The molecule has 0 saturated heterocycles. The van der Waals surface area contributed by atoms with Crippen molar-refractivity contribution in [1.82, 2.24) is 15.2 Å². The molecule has 5 nitrogen and oxygen atoms in total. The number of nitrogens with zero attached hydrogens (tertiary/aromatic N) is 2. The molecule has 100 valence electrons. The average molecular weight is 272 g/mol. The molecule has 18 heavy (non-hydrogen) atoms. The molecule has 0 bridgehead atoms. The summed E-state index contributed by atoms with van der Waals surface area (Å²) in [4.78, 5) is 17.7. The zero-order valence-corrected chi connectivity index (χ0v) is 11.4. The third-order valence-electron chi connectivity index (χ3n) is 2.44. The van der Waals surface area contributed by atoms with Gasteiger partial charge in [0.1, 0.15) is 5.15 Å². The number of carbonyl (C=O) groups is 1. The number of hydrogen-bond acceptors (Lipinski definition) is 4. The van der Waals surface area contributed by atoms with E-state index in [1.807, 2.05) is 7.05 Å². The Morgan fingerprint density at radius 3 is 3.00 bits per heavy atom. The lowest BCUT2D eigenvalue weighted by atomic mass is 10.2. The molecule has 0 radical (unpaired) electrons. The molecule has 6 heteroatoms. The van der Waals surface area contributed by atoms with E-state index in [4.69, 9.17) is 16.3 Å². The van der Waals surface area contributed by atoms with Crippen LogP contribution in [0.5, 0.6) is 0 Å². The molecule has 1 amide bonds. The van der Waals surface area contributed by atoms with Crippen molar-refractivity contribution in [2.75, 3.05) is 40.4 Å². The number of likely N-dealkylation sites (N-methyl/N-ethyl adjacent to an activating group) is 1. The van der Waals surface area contributed by atoms with Crippen LogP contribution in [0.25, 0.3) is 0 Å². The second kappa shape index (κ2) is 8.02. The van der Waals surface area contributed by atoms with Crippen LogP contribution in [0.4, 0.5) is 0 Å². The van der Waals surface area contributed by atoms with Crippen molar-refractivity contribution in [2.24, 2.45) is 0 Å². The zero-order valence-electron chi connectivity index (χ0n) is 10.6. The van der Waals surface area contributed by atoms with Crippen LogP contribution in [-0.4, -0.2) is 56.2 Å². The molecule has 0 aromatic carbocycles. The normalized spacial score (nSPS) is 10.7. The summed E-state index contributed by atoms with van der Waals surface area (Å²) in [6.07, 6.45) is 1.52. The SMILES string of the molecule is COCCN(C)CCNC(=O)c1ccnc(Cl)c1. The van der Waals surface area contributed by atoms with E-state index in [0.29, 0.717) is 23.9 Å². The predicted octanol–water partition coefficient (Wildman–Crippen LogP) is 1.04. The molecule has 0 aliphatic carbocycles. The molecule has 0 atom stereocenters. The van der Waals surface area contributed by atoms with Gasteiger partial charge in [0.25, 0.3) is 5.91 Å². The fourth-order valence-electron chi connectivity index (χ4n) is 1.36. The molecule has 1 heterocycles. The third-order valence-corrected chi connectivity index (χ3v) is 2.65. The van der Waals surface area contributed by atoms with E-state index in [0.717, 1.165) is 13.1 Å². The fourth-order valence-corrected chi connectivity index (χ4v) is 1.54. The second-order valence-electron chi connectivity index (χ2n) is 3.92. The minimum absolute atomic E-state index is 0.139. The van der Waals surface area contributed by atoms with Crippen molar-refractivity contribution in [1.29, 1.82) is 0 Å². The molecule has 0 aliphatic rings. The summed E-state index contributed by atoms with van der Waals surface area (Å²) in [7, 11) is 3.65. The zero-order chi connectivity index (χ0) is 13.4. The number of aromatic nitrogens is 1. The highest BCUT2D eigenvalue weighted by Gasteiger charge is 2.06. The second-order valence-corrected chi connectivity index (χ2v) is 4.31. The van der Waals surface area contributed by atoms with E-state index < -0.39 is 0 Å². The first-order valence-electron chi connectivity index (χ1n) is 5.70. The summed E-state index contributed by atoms with van der Waals surface area (Å²) in [5, 5.41) is 3.14. The number of methoxy groups -OCH3 is 1. The van der Waals surface area contributed by atoms with E-state index >= 15 is 0 Å². The quantitative estimate of drug-likeness (QED) is 0.753.